The molecule has 21 heavy (non-hydrogen) atoms. The van der Waals surface area contributed by atoms with Crippen molar-refractivity contribution in [2.24, 2.45) is 0 Å². The molecule has 1 aliphatic rings. The van der Waals surface area contributed by atoms with Gasteiger partial charge in [-0.25, -0.2) is 0 Å². The first-order chi connectivity index (χ1) is 9.99. The van der Waals surface area contributed by atoms with Gasteiger partial charge in [0.15, 0.2) is 0 Å². The lowest BCUT2D eigenvalue weighted by Crippen LogP contribution is -2.52. The van der Waals surface area contributed by atoms with E-state index in [9.17, 15) is 9.59 Å². The number of carbonyl (C=O) groups excluding carboxylic acids is 2. The number of likely N-dealkylation sites (N-methyl/N-ethyl adjacent to an activating group) is 1. The average molecular weight is 311 g/mol. The Kier molecular flexibility index (Phi) is 5.20. The summed E-state index contributed by atoms with van der Waals surface area (Å²) in [7, 11) is 1.67. The second-order valence-corrected chi connectivity index (χ2v) is 5.54. The lowest BCUT2D eigenvalue weighted by Gasteiger charge is -2.28. The Hall–Kier alpha value is -1.59. The first-order valence-electron chi connectivity index (χ1n) is 6.88. The van der Waals surface area contributed by atoms with Crippen molar-refractivity contribution in [1.82, 2.24) is 10.2 Å². The monoisotopic (exact) mass is 310 g/mol. The van der Waals surface area contributed by atoms with Crippen molar-refractivity contribution < 1.29 is 14.3 Å². The molecular formula is C15H19ClN2O3. The summed E-state index contributed by atoms with van der Waals surface area (Å²) in [5.74, 6) is -0.668. The minimum absolute atomic E-state index is 0.291. The maximum Gasteiger partial charge on any atom is 0.261 e. The zero-order valence-electron chi connectivity index (χ0n) is 12.2. The van der Waals surface area contributed by atoms with Crippen LogP contribution in [0.4, 0.5) is 0 Å². The van der Waals surface area contributed by atoms with E-state index in [1.807, 2.05) is 25.1 Å². The van der Waals surface area contributed by atoms with Gasteiger partial charge < -0.3 is 15.0 Å². The Morgan fingerprint density at radius 3 is 3.00 bits per heavy atom. The lowest BCUT2D eigenvalue weighted by atomic mass is 10.1. The van der Waals surface area contributed by atoms with E-state index in [1.54, 1.807) is 7.05 Å². The number of aryl methyl sites for hydroxylation is 1. The predicted molar refractivity (Wildman–Crippen MR) is 80.3 cm³/mol. The Morgan fingerprint density at radius 1 is 1.52 bits per heavy atom. The second-order valence-electron chi connectivity index (χ2n) is 5.14. The topological polar surface area (TPSA) is 58.6 Å². The molecule has 0 aromatic heterocycles. The third-order valence-corrected chi connectivity index (χ3v) is 3.91. The van der Waals surface area contributed by atoms with Gasteiger partial charge in [-0.2, -0.15) is 0 Å². The van der Waals surface area contributed by atoms with Gasteiger partial charge in [-0.1, -0.05) is 23.7 Å². The van der Waals surface area contributed by atoms with Crippen molar-refractivity contribution in [2.45, 2.75) is 19.4 Å². The third-order valence-electron chi connectivity index (χ3n) is 3.49. The largest absolute Gasteiger partial charge is 0.357 e. The fraction of sp³-hybridized carbons (Fsp3) is 0.467. The minimum atomic E-state index is -1.02. The van der Waals surface area contributed by atoms with Crippen LogP contribution in [-0.4, -0.2) is 49.6 Å². The average Bonchev–Trinajstić information content (AvgIpc) is 2.45. The van der Waals surface area contributed by atoms with Crippen LogP contribution in [0, 0.1) is 6.92 Å². The third kappa shape index (κ3) is 3.95. The van der Waals surface area contributed by atoms with E-state index in [0.29, 0.717) is 26.1 Å². The van der Waals surface area contributed by atoms with Crippen molar-refractivity contribution >= 4 is 23.4 Å². The number of carbonyl (C=O) groups is 2. The summed E-state index contributed by atoms with van der Waals surface area (Å²) < 4.78 is 5.24. The van der Waals surface area contributed by atoms with E-state index in [1.165, 1.54) is 4.90 Å². The molecule has 1 saturated heterocycles. The van der Waals surface area contributed by atoms with E-state index in [-0.39, 0.29) is 11.8 Å². The first-order valence-corrected chi connectivity index (χ1v) is 7.26. The predicted octanol–water partition coefficient (Wildman–Crippen LogP) is 1.16. The molecular weight excluding hydrogens is 292 g/mol. The molecule has 1 atom stereocenters. The zero-order valence-corrected chi connectivity index (χ0v) is 12.9. The molecule has 0 radical (unpaired) electrons. The highest BCUT2D eigenvalue weighted by Crippen LogP contribution is 2.16. The van der Waals surface area contributed by atoms with Crippen molar-refractivity contribution in [3.05, 3.63) is 34.3 Å². The number of hydrogen-bond acceptors (Lipinski definition) is 3. The van der Waals surface area contributed by atoms with Gasteiger partial charge in [-0.05, 0) is 30.5 Å². The highest BCUT2D eigenvalue weighted by molar-refractivity contribution is 6.31. The van der Waals surface area contributed by atoms with Crippen molar-refractivity contribution in [2.75, 3.05) is 26.7 Å². The van der Waals surface area contributed by atoms with Crippen LogP contribution in [0.25, 0.3) is 0 Å². The van der Waals surface area contributed by atoms with Gasteiger partial charge in [-0.15, -0.1) is 0 Å². The number of halogens is 1. The molecule has 2 rings (SSSR count). The number of morpholine rings is 1. The van der Waals surface area contributed by atoms with E-state index in [4.69, 9.17) is 16.3 Å². The maximum absolute atomic E-state index is 12.0. The van der Waals surface area contributed by atoms with Crippen molar-refractivity contribution in [3.8, 4) is 0 Å². The summed E-state index contributed by atoms with van der Waals surface area (Å²) in [6, 6.07) is 5.76. The number of nitrogens with one attached hydrogen (secondary N) is 1. The number of benzene rings is 1. The standard InChI is InChI=1S/C15H19ClN2O3/c1-10-9-11(3-4-12(10)16)5-6-17-14(19)13-15(20)18(2)7-8-21-13/h3-4,9,13H,5-8H2,1-2H3,(H,17,19). The quantitative estimate of drug-likeness (QED) is 0.849. The smallest absolute Gasteiger partial charge is 0.261 e. The molecule has 0 saturated carbocycles. The van der Waals surface area contributed by atoms with Gasteiger partial charge in [0.2, 0.25) is 6.10 Å². The number of amides is 2. The molecule has 114 valence electrons. The molecule has 1 unspecified atom stereocenters. The molecule has 1 aliphatic heterocycles. The molecule has 2 amide bonds. The van der Waals surface area contributed by atoms with Crippen LogP contribution < -0.4 is 5.32 Å². The summed E-state index contributed by atoms with van der Waals surface area (Å²) in [6.07, 6.45) is -0.337. The van der Waals surface area contributed by atoms with Gasteiger partial charge in [-0.3, -0.25) is 9.59 Å². The molecule has 1 N–H and O–H groups in total. The number of ether oxygens (including phenoxy) is 1. The summed E-state index contributed by atoms with van der Waals surface area (Å²) in [5.41, 5.74) is 2.10. The van der Waals surface area contributed by atoms with Gasteiger partial charge >= 0.3 is 0 Å². The molecule has 1 aromatic rings. The Morgan fingerprint density at radius 2 is 2.29 bits per heavy atom. The van der Waals surface area contributed by atoms with Crippen LogP contribution in [0.15, 0.2) is 18.2 Å². The van der Waals surface area contributed by atoms with Gasteiger partial charge in [0.05, 0.1) is 6.61 Å². The summed E-state index contributed by atoms with van der Waals surface area (Å²) in [6.45, 7) is 3.30. The molecule has 1 heterocycles. The van der Waals surface area contributed by atoms with E-state index >= 15 is 0 Å². The summed E-state index contributed by atoms with van der Waals surface area (Å²) in [5, 5.41) is 3.47. The lowest BCUT2D eigenvalue weighted by molar-refractivity contribution is -0.158. The van der Waals surface area contributed by atoms with Crippen molar-refractivity contribution in [1.29, 1.82) is 0 Å². The van der Waals surface area contributed by atoms with E-state index in [0.717, 1.165) is 16.1 Å². The van der Waals surface area contributed by atoms with Crippen LogP contribution in [-0.2, 0) is 20.7 Å². The van der Waals surface area contributed by atoms with Gasteiger partial charge in [0, 0.05) is 25.2 Å². The first kappa shape index (κ1) is 15.8. The number of nitrogens with zero attached hydrogens (tertiary/aromatic N) is 1. The Bertz CT molecular complexity index is 548. The highest BCUT2D eigenvalue weighted by Gasteiger charge is 2.33. The summed E-state index contributed by atoms with van der Waals surface area (Å²) >= 11 is 5.97. The molecule has 0 aliphatic carbocycles. The van der Waals surface area contributed by atoms with E-state index < -0.39 is 6.10 Å². The number of hydrogen-bond donors (Lipinski definition) is 1. The van der Waals surface area contributed by atoms with Crippen LogP contribution in [0.3, 0.4) is 0 Å². The molecule has 6 heteroatoms. The minimum Gasteiger partial charge on any atom is -0.357 e. The fourth-order valence-corrected chi connectivity index (χ4v) is 2.28. The maximum atomic E-state index is 12.0. The van der Waals surface area contributed by atoms with Crippen LogP contribution in [0.2, 0.25) is 5.02 Å². The van der Waals surface area contributed by atoms with Crippen LogP contribution >= 0.6 is 11.6 Å². The van der Waals surface area contributed by atoms with Crippen LogP contribution in [0.5, 0.6) is 0 Å². The van der Waals surface area contributed by atoms with Crippen LogP contribution in [0.1, 0.15) is 11.1 Å². The Balaban J connectivity index is 1.84. The summed E-state index contributed by atoms with van der Waals surface area (Å²) in [4.78, 5) is 25.3. The number of rotatable bonds is 4. The fourth-order valence-electron chi connectivity index (χ4n) is 2.16. The SMILES string of the molecule is Cc1cc(CCNC(=O)C2OCCN(C)C2=O)ccc1Cl. The molecule has 1 aromatic carbocycles. The molecule has 0 spiro atoms. The molecule has 0 bridgehead atoms. The second kappa shape index (κ2) is 6.91. The molecule has 5 nitrogen and oxygen atoms in total. The van der Waals surface area contributed by atoms with E-state index in [2.05, 4.69) is 5.32 Å². The Labute approximate surface area is 129 Å². The van der Waals surface area contributed by atoms with Gasteiger partial charge in [0.1, 0.15) is 0 Å². The molecule has 1 fully saturated rings. The normalized spacial score (nSPS) is 18.7. The zero-order chi connectivity index (χ0) is 15.4. The highest BCUT2D eigenvalue weighted by atomic mass is 35.5. The van der Waals surface area contributed by atoms with Gasteiger partial charge in [0.25, 0.3) is 11.8 Å². The van der Waals surface area contributed by atoms with Crippen molar-refractivity contribution in [3.63, 3.8) is 0 Å².